The summed E-state index contributed by atoms with van der Waals surface area (Å²) >= 11 is 0. The minimum atomic E-state index is -0.355. The zero-order valence-electron chi connectivity index (χ0n) is 16.8. The van der Waals surface area contributed by atoms with Gasteiger partial charge < -0.3 is 25.2 Å². The Morgan fingerprint density at radius 1 is 0.966 bits per heavy atom. The van der Waals surface area contributed by atoms with E-state index >= 15 is 0 Å². The monoisotopic (exact) mass is 448 g/mol. The number of nitrogens with one attached hydrogen (secondary N) is 2. The first kappa shape index (κ1) is 27.4. The predicted octanol–water partition coefficient (Wildman–Crippen LogP) is 3.71. The van der Waals surface area contributed by atoms with Crippen molar-refractivity contribution in [1.82, 2.24) is 10.6 Å². The van der Waals surface area contributed by atoms with Crippen LogP contribution < -0.4 is 20.1 Å². The molecule has 29 heavy (non-hydrogen) atoms. The van der Waals surface area contributed by atoms with Crippen molar-refractivity contribution in [1.29, 1.82) is 0 Å². The van der Waals surface area contributed by atoms with Gasteiger partial charge in [-0.3, -0.25) is 0 Å². The zero-order chi connectivity index (χ0) is 19.5. The SMILES string of the molecule is CCOc1cccc(CNCCNCC(C)O)c1OCc1ccccc1F.Cl.Cl. The van der Waals surface area contributed by atoms with Crippen LogP contribution in [0.15, 0.2) is 42.5 Å². The Labute approximate surface area is 184 Å². The molecule has 3 N–H and O–H groups in total. The van der Waals surface area contributed by atoms with Crippen molar-refractivity contribution in [2.24, 2.45) is 0 Å². The highest BCUT2D eigenvalue weighted by atomic mass is 35.5. The molecule has 2 rings (SSSR count). The van der Waals surface area contributed by atoms with Crippen molar-refractivity contribution >= 4 is 24.8 Å². The fourth-order valence-electron chi connectivity index (χ4n) is 2.61. The summed E-state index contributed by atoms with van der Waals surface area (Å²) in [6.07, 6.45) is -0.355. The lowest BCUT2D eigenvalue weighted by Gasteiger charge is -2.17. The minimum absolute atomic E-state index is 0. The number of rotatable bonds is 12. The third-order valence-corrected chi connectivity index (χ3v) is 3.92. The van der Waals surface area contributed by atoms with Crippen molar-refractivity contribution in [3.63, 3.8) is 0 Å². The summed E-state index contributed by atoms with van der Waals surface area (Å²) in [6, 6.07) is 12.3. The van der Waals surface area contributed by atoms with Gasteiger partial charge in [0.05, 0.1) is 12.7 Å². The van der Waals surface area contributed by atoms with Crippen LogP contribution in [0.4, 0.5) is 4.39 Å². The van der Waals surface area contributed by atoms with E-state index in [2.05, 4.69) is 10.6 Å². The molecule has 0 heterocycles. The van der Waals surface area contributed by atoms with E-state index in [-0.39, 0.29) is 43.3 Å². The van der Waals surface area contributed by atoms with E-state index in [1.165, 1.54) is 6.07 Å². The highest BCUT2D eigenvalue weighted by Crippen LogP contribution is 2.32. The van der Waals surface area contributed by atoms with Gasteiger partial charge in [0, 0.05) is 37.3 Å². The van der Waals surface area contributed by atoms with E-state index in [1.807, 2.05) is 25.1 Å². The molecule has 2 aromatic rings. The van der Waals surface area contributed by atoms with Crippen LogP contribution in [0.25, 0.3) is 0 Å². The predicted molar refractivity (Wildman–Crippen MR) is 119 cm³/mol. The Balaban J connectivity index is 0.00000392. The van der Waals surface area contributed by atoms with Gasteiger partial charge in [-0.2, -0.15) is 0 Å². The van der Waals surface area contributed by atoms with Crippen molar-refractivity contribution in [3.8, 4) is 11.5 Å². The van der Waals surface area contributed by atoms with Crippen molar-refractivity contribution < 1.29 is 19.0 Å². The molecule has 0 saturated carbocycles. The number of halogens is 3. The molecule has 8 heteroatoms. The smallest absolute Gasteiger partial charge is 0.166 e. The average Bonchev–Trinajstić information content (AvgIpc) is 2.65. The minimum Gasteiger partial charge on any atom is -0.490 e. The highest BCUT2D eigenvalue weighted by Gasteiger charge is 2.12. The molecule has 1 atom stereocenters. The van der Waals surface area contributed by atoms with E-state index in [0.717, 1.165) is 18.7 Å². The number of aliphatic hydroxyl groups is 1. The lowest BCUT2D eigenvalue weighted by molar-refractivity contribution is 0.191. The van der Waals surface area contributed by atoms with Crippen LogP contribution in [0.2, 0.25) is 0 Å². The van der Waals surface area contributed by atoms with Gasteiger partial charge in [0.2, 0.25) is 0 Å². The Kier molecular flexibility index (Phi) is 14.5. The summed E-state index contributed by atoms with van der Waals surface area (Å²) in [4.78, 5) is 0. The Hall–Kier alpha value is -1.57. The summed E-state index contributed by atoms with van der Waals surface area (Å²) in [5.41, 5.74) is 1.46. The first-order valence-corrected chi connectivity index (χ1v) is 9.32. The zero-order valence-corrected chi connectivity index (χ0v) is 18.5. The fourth-order valence-corrected chi connectivity index (χ4v) is 2.61. The molecule has 0 radical (unpaired) electrons. The molecule has 2 aromatic carbocycles. The number of aliphatic hydroxyl groups excluding tert-OH is 1. The van der Waals surface area contributed by atoms with Crippen LogP contribution in [-0.2, 0) is 13.2 Å². The highest BCUT2D eigenvalue weighted by molar-refractivity contribution is 5.85. The summed E-state index contributed by atoms with van der Waals surface area (Å²) < 4.78 is 25.5. The maximum Gasteiger partial charge on any atom is 0.166 e. The Morgan fingerprint density at radius 2 is 1.66 bits per heavy atom. The van der Waals surface area contributed by atoms with Gasteiger partial charge in [-0.05, 0) is 26.0 Å². The van der Waals surface area contributed by atoms with Crippen LogP contribution in [0.5, 0.6) is 11.5 Å². The third-order valence-electron chi connectivity index (χ3n) is 3.92. The second-order valence-corrected chi connectivity index (χ2v) is 6.29. The van der Waals surface area contributed by atoms with Gasteiger partial charge in [0.1, 0.15) is 12.4 Å². The van der Waals surface area contributed by atoms with Crippen LogP contribution in [-0.4, -0.2) is 37.5 Å². The van der Waals surface area contributed by atoms with Crippen LogP contribution >= 0.6 is 24.8 Å². The lowest BCUT2D eigenvalue weighted by atomic mass is 10.1. The summed E-state index contributed by atoms with van der Waals surface area (Å²) in [5, 5.41) is 15.7. The van der Waals surface area contributed by atoms with Crippen LogP contribution in [0.1, 0.15) is 25.0 Å². The molecule has 0 saturated heterocycles. The van der Waals surface area contributed by atoms with E-state index in [4.69, 9.17) is 9.47 Å². The molecule has 0 aromatic heterocycles. The van der Waals surface area contributed by atoms with Gasteiger partial charge in [-0.25, -0.2) is 4.39 Å². The van der Waals surface area contributed by atoms with Crippen LogP contribution in [0, 0.1) is 5.82 Å². The van der Waals surface area contributed by atoms with Gasteiger partial charge in [-0.1, -0.05) is 30.3 Å². The van der Waals surface area contributed by atoms with Gasteiger partial charge in [0.25, 0.3) is 0 Å². The molecular formula is C21H31Cl2FN2O3. The van der Waals surface area contributed by atoms with Gasteiger partial charge >= 0.3 is 0 Å². The second kappa shape index (κ2) is 15.3. The number of para-hydroxylation sites is 1. The number of benzene rings is 2. The number of hydrogen-bond donors (Lipinski definition) is 3. The Bertz CT molecular complexity index is 705. The summed E-state index contributed by atoms with van der Waals surface area (Å²) in [6.45, 7) is 7.00. The normalized spacial score (nSPS) is 11.2. The number of hydrogen-bond acceptors (Lipinski definition) is 5. The van der Waals surface area contributed by atoms with E-state index in [0.29, 0.717) is 36.8 Å². The number of ether oxygens (including phenoxy) is 2. The topological polar surface area (TPSA) is 62.8 Å². The molecule has 0 spiro atoms. The van der Waals surface area contributed by atoms with Crippen LogP contribution in [0.3, 0.4) is 0 Å². The molecule has 0 aliphatic heterocycles. The van der Waals surface area contributed by atoms with Crippen molar-refractivity contribution in [2.75, 3.05) is 26.2 Å². The van der Waals surface area contributed by atoms with Gasteiger partial charge in [-0.15, -0.1) is 24.8 Å². The summed E-state index contributed by atoms with van der Waals surface area (Å²) in [7, 11) is 0. The maximum atomic E-state index is 13.9. The van der Waals surface area contributed by atoms with E-state index in [1.54, 1.807) is 25.1 Å². The molecule has 0 fully saturated rings. The molecule has 0 amide bonds. The third kappa shape index (κ3) is 9.65. The molecular weight excluding hydrogens is 418 g/mol. The van der Waals surface area contributed by atoms with E-state index in [9.17, 15) is 9.50 Å². The maximum absolute atomic E-state index is 13.9. The largest absolute Gasteiger partial charge is 0.490 e. The van der Waals surface area contributed by atoms with Crippen molar-refractivity contribution in [3.05, 3.63) is 59.4 Å². The molecule has 0 aliphatic rings. The van der Waals surface area contributed by atoms with E-state index < -0.39 is 0 Å². The molecule has 164 valence electrons. The average molecular weight is 449 g/mol. The summed E-state index contributed by atoms with van der Waals surface area (Å²) in [5.74, 6) is 1.00. The quantitative estimate of drug-likeness (QED) is 0.432. The molecule has 0 aliphatic carbocycles. The molecule has 1 unspecified atom stereocenters. The lowest BCUT2D eigenvalue weighted by Crippen LogP contribution is -2.31. The Morgan fingerprint density at radius 3 is 2.34 bits per heavy atom. The molecule has 0 bridgehead atoms. The first-order valence-electron chi connectivity index (χ1n) is 9.32. The van der Waals surface area contributed by atoms with Gasteiger partial charge in [0.15, 0.2) is 11.5 Å². The fraction of sp³-hybridized carbons (Fsp3) is 0.429. The molecule has 5 nitrogen and oxygen atoms in total. The second-order valence-electron chi connectivity index (χ2n) is 6.29. The standard InChI is InChI=1S/C21H29FN2O3.2ClH/c1-3-26-20-10-6-8-17(14-24-12-11-23-13-16(2)25)21(20)27-15-18-7-4-5-9-19(18)22;;/h4-10,16,23-25H,3,11-15H2,1-2H3;2*1H. The first-order chi connectivity index (χ1) is 13.1. The van der Waals surface area contributed by atoms with Crippen molar-refractivity contribution in [2.45, 2.75) is 33.1 Å².